The van der Waals surface area contributed by atoms with Crippen molar-refractivity contribution in [3.05, 3.63) is 52.6 Å². The van der Waals surface area contributed by atoms with Gasteiger partial charge in [-0.1, -0.05) is 31.2 Å². The number of hydrogen-bond donors (Lipinski definition) is 0. The molecule has 1 atom stereocenters. The normalized spacial score (nSPS) is 17.1. The van der Waals surface area contributed by atoms with Gasteiger partial charge < -0.3 is 17.0 Å². The molecule has 4 rings (SSSR count). The van der Waals surface area contributed by atoms with Gasteiger partial charge >= 0.3 is 0 Å². The summed E-state index contributed by atoms with van der Waals surface area (Å²) in [6, 6.07) is 7.76. The van der Waals surface area contributed by atoms with Crippen molar-refractivity contribution in [2.45, 2.75) is 52.1 Å². The molecule has 2 aliphatic rings. The quantitative estimate of drug-likeness (QED) is 0.600. The molecule has 1 aromatic heterocycles. The molecule has 1 saturated carbocycles. The summed E-state index contributed by atoms with van der Waals surface area (Å²) in [6.45, 7) is 6.26. The number of benzene rings is 1. The standard InChI is InChI=1S/C19H21N2O2.BrH/c1-4-11(2)20-12(3)21(13-9-10-13)17-16(20)18(22)14-7-5-6-8-15(14)19(17)23;/h5-8,11,13H,4,9-10H2,1-3H3;1H/q+1;/p-1. The predicted octanol–water partition coefficient (Wildman–Crippen LogP) is 0.169. The summed E-state index contributed by atoms with van der Waals surface area (Å²) in [6.07, 6.45) is 3.10. The Bertz CT molecular complexity index is 849. The van der Waals surface area contributed by atoms with Gasteiger partial charge in [0.15, 0.2) is 0 Å². The fourth-order valence-electron chi connectivity index (χ4n) is 3.74. The Hall–Kier alpha value is -1.75. The minimum absolute atomic E-state index is 0. The zero-order valence-corrected chi connectivity index (χ0v) is 15.8. The van der Waals surface area contributed by atoms with Gasteiger partial charge in [0, 0.05) is 18.1 Å². The van der Waals surface area contributed by atoms with Crippen molar-refractivity contribution in [2.75, 3.05) is 0 Å². The van der Waals surface area contributed by atoms with Gasteiger partial charge in [-0.15, -0.1) is 0 Å². The molecule has 0 bridgehead atoms. The maximum atomic E-state index is 13.1. The average Bonchev–Trinajstić information content (AvgIpc) is 3.35. The summed E-state index contributed by atoms with van der Waals surface area (Å²) in [4.78, 5) is 26.2. The van der Waals surface area contributed by atoms with Crippen LogP contribution in [0.25, 0.3) is 0 Å². The molecule has 0 spiro atoms. The highest BCUT2D eigenvalue weighted by molar-refractivity contribution is 6.26. The maximum absolute atomic E-state index is 13.1. The van der Waals surface area contributed by atoms with E-state index in [9.17, 15) is 9.59 Å². The number of aromatic nitrogens is 2. The van der Waals surface area contributed by atoms with Gasteiger partial charge in [-0.25, -0.2) is 9.13 Å². The highest BCUT2D eigenvalue weighted by Crippen LogP contribution is 2.36. The maximum Gasteiger partial charge on any atom is 0.254 e. The zero-order chi connectivity index (χ0) is 16.3. The van der Waals surface area contributed by atoms with Gasteiger partial charge in [-0.2, -0.15) is 0 Å². The number of fused-ring (bicyclic) bond motifs is 2. The Morgan fingerprint density at radius 3 is 2.29 bits per heavy atom. The van der Waals surface area contributed by atoms with E-state index in [1.54, 1.807) is 12.1 Å². The fourth-order valence-corrected chi connectivity index (χ4v) is 3.74. The number of rotatable bonds is 3. The lowest BCUT2D eigenvalue weighted by Gasteiger charge is -2.14. The molecule has 0 radical (unpaired) electrons. The Balaban J connectivity index is 0.00000169. The van der Waals surface area contributed by atoms with Crippen molar-refractivity contribution in [3.8, 4) is 0 Å². The topological polar surface area (TPSA) is 43.0 Å². The lowest BCUT2D eigenvalue weighted by Crippen LogP contribution is -3.00. The van der Waals surface area contributed by atoms with Crippen molar-refractivity contribution < 1.29 is 31.1 Å². The second kappa shape index (κ2) is 5.96. The number of hydrogen-bond acceptors (Lipinski definition) is 2. The Morgan fingerprint density at radius 2 is 1.75 bits per heavy atom. The zero-order valence-electron chi connectivity index (χ0n) is 14.2. The molecule has 0 saturated heterocycles. The molecule has 5 heteroatoms. The minimum Gasteiger partial charge on any atom is -1.00 e. The highest BCUT2D eigenvalue weighted by Gasteiger charge is 2.47. The molecule has 0 N–H and O–H groups in total. The van der Waals surface area contributed by atoms with Crippen molar-refractivity contribution in [1.29, 1.82) is 0 Å². The number of ketones is 2. The van der Waals surface area contributed by atoms with Crippen LogP contribution in [0, 0.1) is 6.92 Å². The Morgan fingerprint density at radius 1 is 1.17 bits per heavy atom. The molecule has 0 aliphatic heterocycles. The minimum atomic E-state index is -0.0157. The van der Waals surface area contributed by atoms with Gasteiger partial charge in [0.05, 0.1) is 6.04 Å². The van der Waals surface area contributed by atoms with Gasteiger partial charge in [0.25, 0.3) is 5.82 Å². The third-order valence-corrected chi connectivity index (χ3v) is 5.19. The van der Waals surface area contributed by atoms with Crippen LogP contribution in [0.3, 0.4) is 0 Å². The summed E-state index contributed by atoms with van der Waals surface area (Å²) in [7, 11) is 0. The van der Waals surface area contributed by atoms with Gasteiger partial charge in [-0.05, 0) is 26.2 Å². The number of nitrogens with zero attached hydrogens (tertiary/aromatic N) is 2. The molecule has 2 aromatic rings. The summed E-state index contributed by atoms with van der Waals surface area (Å²) in [5.74, 6) is 1.01. The molecule has 1 heterocycles. The third-order valence-electron chi connectivity index (χ3n) is 5.19. The number of imidazole rings is 1. The lowest BCUT2D eigenvalue weighted by atomic mass is 9.89. The van der Waals surface area contributed by atoms with Crippen LogP contribution in [0.2, 0.25) is 0 Å². The van der Waals surface area contributed by atoms with E-state index in [1.165, 1.54) is 0 Å². The first kappa shape index (κ1) is 17.1. The fraction of sp³-hybridized carbons (Fsp3) is 0.421. The van der Waals surface area contributed by atoms with Crippen LogP contribution in [0.5, 0.6) is 0 Å². The van der Waals surface area contributed by atoms with Crippen LogP contribution in [-0.4, -0.2) is 16.1 Å². The first-order valence-electron chi connectivity index (χ1n) is 8.41. The van der Waals surface area contributed by atoms with Crippen LogP contribution in [0.1, 0.15) is 83.1 Å². The number of halogens is 1. The predicted molar refractivity (Wildman–Crippen MR) is 85.9 cm³/mol. The Kier molecular flexibility index (Phi) is 4.24. The van der Waals surface area contributed by atoms with Gasteiger partial charge in [0.2, 0.25) is 23.0 Å². The van der Waals surface area contributed by atoms with E-state index in [-0.39, 0.29) is 34.6 Å². The van der Waals surface area contributed by atoms with Crippen LogP contribution < -0.4 is 21.5 Å². The molecule has 0 amide bonds. The van der Waals surface area contributed by atoms with Crippen molar-refractivity contribution >= 4 is 11.6 Å². The SMILES string of the molecule is CCC(C)n1c2c([n+](C3CC3)c1C)C(=O)c1ccccc1C2=O.[Br-]. The van der Waals surface area contributed by atoms with E-state index in [1.807, 2.05) is 19.1 Å². The van der Waals surface area contributed by atoms with E-state index in [0.717, 1.165) is 25.1 Å². The molecule has 1 unspecified atom stereocenters. The third kappa shape index (κ3) is 2.21. The second-order valence-electron chi connectivity index (χ2n) is 6.68. The molecular formula is C19H21BrN2O2. The van der Waals surface area contributed by atoms with Crippen LogP contribution >= 0.6 is 0 Å². The molecular weight excluding hydrogens is 368 g/mol. The first-order valence-corrected chi connectivity index (χ1v) is 8.41. The van der Waals surface area contributed by atoms with Crippen molar-refractivity contribution in [1.82, 2.24) is 4.57 Å². The number of carbonyl (C=O) groups excluding carboxylic acids is 2. The summed E-state index contributed by atoms with van der Waals surface area (Å²) < 4.78 is 4.21. The van der Waals surface area contributed by atoms with Gasteiger partial charge in [0.1, 0.15) is 6.04 Å². The summed E-state index contributed by atoms with van der Waals surface area (Å²) in [5.41, 5.74) is 2.28. The smallest absolute Gasteiger partial charge is 0.254 e. The molecule has 2 aliphatic carbocycles. The Labute approximate surface area is 152 Å². The molecule has 4 nitrogen and oxygen atoms in total. The summed E-state index contributed by atoms with van der Waals surface area (Å²) in [5, 5.41) is 0. The van der Waals surface area contributed by atoms with E-state index < -0.39 is 0 Å². The van der Waals surface area contributed by atoms with Crippen molar-refractivity contribution in [3.63, 3.8) is 0 Å². The van der Waals surface area contributed by atoms with E-state index >= 15 is 0 Å². The highest BCUT2D eigenvalue weighted by atomic mass is 79.9. The van der Waals surface area contributed by atoms with E-state index in [4.69, 9.17) is 0 Å². The van der Waals surface area contributed by atoms with E-state index in [2.05, 4.69) is 23.0 Å². The molecule has 126 valence electrons. The monoisotopic (exact) mass is 388 g/mol. The van der Waals surface area contributed by atoms with Crippen molar-refractivity contribution in [2.24, 2.45) is 0 Å². The van der Waals surface area contributed by atoms with Crippen LogP contribution in [0.4, 0.5) is 0 Å². The van der Waals surface area contributed by atoms with Crippen LogP contribution in [-0.2, 0) is 0 Å². The average molecular weight is 389 g/mol. The number of carbonyl (C=O) groups is 2. The van der Waals surface area contributed by atoms with E-state index in [0.29, 0.717) is 28.6 Å². The molecule has 24 heavy (non-hydrogen) atoms. The van der Waals surface area contributed by atoms with Crippen LogP contribution in [0.15, 0.2) is 24.3 Å². The second-order valence-corrected chi connectivity index (χ2v) is 6.68. The largest absolute Gasteiger partial charge is 1.00 e. The summed E-state index contributed by atoms with van der Waals surface area (Å²) >= 11 is 0. The molecule has 1 aromatic carbocycles. The molecule has 1 fully saturated rings. The van der Waals surface area contributed by atoms with Gasteiger partial charge in [-0.3, -0.25) is 9.59 Å². The first-order chi connectivity index (χ1) is 11.1. The lowest BCUT2D eigenvalue weighted by molar-refractivity contribution is -0.707.